The van der Waals surface area contributed by atoms with Gasteiger partial charge in [0.2, 0.25) is 5.91 Å². The fraction of sp³-hybridized carbons (Fsp3) is 0.333. The number of thioether (sulfide) groups is 1. The van der Waals surface area contributed by atoms with E-state index in [1.165, 1.54) is 21.9 Å². The van der Waals surface area contributed by atoms with Gasteiger partial charge in [0.1, 0.15) is 0 Å². The first-order valence-electron chi connectivity index (χ1n) is 9.36. The Kier molecular flexibility index (Phi) is 11.3. The number of nitro benzene ring substituents is 1. The second-order valence-electron chi connectivity index (χ2n) is 6.91. The zero-order valence-corrected chi connectivity index (χ0v) is 21.2. The van der Waals surface area contributed by atoms with Crippen LogP contribution in [0.5, 0.6) is 0 Å². The summed E-state index contributed by atoms with van der Waals surface area (Å²) in [6.07, 6.45) is 2.04. The van der Waals surface area contributed by atoms with Gasteiger partial charge in [-0.05, 0) is 29.5 Å². The van der Waals surface area contributed by atoms with E-state index in [0.717, 1.165) is 11.1 Å². The number of non-ortho nitro benzene ring substituents is 1. The van der Waals surface area contributed by atoms with Crippen LogP contribution in [0.2, 0.25) is 0 Å². The van der Waals surface area contributed by atoms with Crippen molar-refractivity contribution in [2.45, 2.75) is 18.0 Å². The molecule has 10 heteroatoms. The summed E-state index contributed by atoms with van der Waals surface area (Å²) in [5.41, 5.74) is 2.01. The number of carbonyl (C=O) groups is 1. The van der Waals surface area contributed by atoms with Crippen LogP contribution in [0.4, 0.5) is 5.69 Å². The van der Waals surface area contributed by atoms with Gasteiger partial charge in [-0.1, -0.05) is 24.3 Å². The number of hydrogen-bond acceptors (Lipinski definition) is 5. The highest BCUT2D eigenvalue weighted by Crippen LogP contribution is 2.16. The molecule has 0 aliphatic rings. The van der Waals surface area contributed by atoms with Crippen molar-refractivity contribution in [2.75, 3.05) is 33.9 Å². The van der Waals surface area contributed by atoms with Crippen LogP contribution < -0.4 is 5.32 Å². The van der Waals surface area contributed by atoms with Crippen molar-refractivity contribution in [3.05, 3.63) is 69.8 Å². The molecular weight excluding hydrogens is 529 g/mol. The van der Waals surface area contributed by atoms with Gasteiger partial charge in [-0.3, -0.25) is 14.9 Å². The highest BCUT2D eigenvalue weighted by atomic mass is 127. The van der Waals surface area contributed by atoms with E-state index in [1.54, 1.807) is 38.0 Å². The van der Waals surface area contributed by atoms with Gasteiger partial charge >= 0.3 is 0 Å². The number of likely N-dealkylation sites (N-methyl/N-ethyl adjacent to an activating group) is 1. The van der Waals surface area contributed by atoms with Gasteiger partial charge < -0.3 is 15.1 Å². The minimum absolute atomic E-state index is 0. The second kappa shape index (κ2) is 13.2. The van der Waals surface area contributed by atoms with Gasteiger partial charge in [0.05, 0.1) is 18.0 Å². The van der Waals surface area contributed by atoms with E-state index in [0.29, 0.717) is 19.0 Å². The summed E-state index contributed by atoms with van der Waals surface area (Å²) < 4.78 is 0. The maximum atomic E-state index is 12.0. The number of rotatable bonds is 8. The second-order valence-corrected chi connectivity index (χ2v) is 7.79. The van der Waals surface area contributed by atoms with Crippen molar-refractivity contribution < 1.29 is 9.72 Å². The maximum absolute atomic E-state index is 12.0. The topological polar surface area (TPSA) is 91.1 Å². The number of amides is 1. The predicted octanol–water partition coefficient (Wildman–Crippen LogP) is 3.60. The lowest BCUT2D eigenvalue weighted by atomic mass is 10.2. The number of aliphatic imine (C=N–C) groups is 1. The molecule has 0 atom stereocenters. The van der Waals surface area contributed by atoms with Crippen LogP contribution in [-0.4, -0.2) is 60.5 Å². The van der Waals surface area contributed by atoms with Crippen LogP contribution in [0.25, 0.3) is 0 Å². The van der Waals surface area contributed by atoms with Crippen molar-refractivity contribution in [1.82, 2.24) is 15.1 Å². The fourth-order valence-corrected chi connectivity index (χ4v) is 3.00. The first-order chi connectivity index (χ1) is 14.3. The molecule has 0 unspecified atom stereocenters. The highest BCUT2D eigenvalue weighted by molar-refractivity contribution is 14.0. The normalized spacial score (nSPS) is 10.8. The molecule has 0 spiro atoms. The Morgan fingerprint density at radius 3 is 2.16 bits per heavy atom. The van der Waals surface area contributed by atoms with Crippen LogP contribution in [-0.2, 0) is 17.9 Å². The van der Waals surface area contributed by atoms with Crippen molar-refractivity contribution in [1.29, 1.82) is 0 Å². The zero-order chi connectivity index (χ0) is 22.1. The van der Waals surface area contributed by atoms with Crippen LogP contribution >= 0.6 is 35.7 Å². The Morgan fingerprint density at radius 2 is 1.65 bits per heavy atom. The lowest BCUT2D eigenvalue weighted by Gasteiger charge is -2.23. The third-order valence-corrected chi connectivity index (χ3v) is 5.14. The molecule has 2 aromatic rings. The number of nitrogens with one attached hydrogen (secondary N) is 1. The smallest absolute Gasteiger partial charge is 0.269 e. The Labute approximate surface area is 204 Å². The van der Waals surface area contributed by atoms with Gasteiger partial charge in [-0.15, -0.1) is 35.7 Å². The number of halogens is 1. The minimum Gasteiger partial charge on any atom is -0.347 e. The Bertz CT molecular complexity index is 889. The molecule has 0 aliphatic heterocycles. The molecule has 2 rings (SSSR count). The lowest BCUT2D eigenvalue weighted by Crippen LogP contribution is -2.43. The number of nitrogens with zero attached hydrogens (tertiary/aromatic N) is 4. The van der Waals surface area contributed by atoms with Gasteiger partial charge in [0.15, 0.2) is 5.96 Å². The van der Waals surface area contributed by atoms with E-state index in [2.05, 4.69) is 34.6 Å². The molecule has 1 amide bonds. The highest BCUT2D eigenvalue weighted by Gasteiger charge is 2.11. The number of carbonyl (C=O) groups excluding carboxylic acids is 1. The van der Waals surface area contributed by atoms with E-state index in [1.807, 2.05) is 18.2 Å². The molecule has 0 aliphatic carbocycles. The molecule has 168 valence electrons. The van der Waals surface area contributed by atoms with E-state index in [9.17, 15) is 14.9 Å². The molecule has 0 bridgehead atoms. The van der Waals surface area contributed by atoms with Gasteiger partial charge in [-0.2, -0.15) is 0 Å². The first kappa shape index (κ1) is 26.7. The molecule has 1 N–H and O–H groups in total. The molecule has 0 saturated heterocycles. The molecule has 31 heavy (non-hydrogen) atoms. The van der Waals surface area contributed by atoms with E-state index in [-0.39, 0.29) is 42.1 Å². The van der Waals surface area contributed by atoms with Crippen molar-refractivity contribution in [3.63, 3.8) is 0 Å². The number of guanidine groups is 1. The number of benzene rings is 2. The summed E-state index contributed by atoms with van der Waals surface area (Å²) in [5.74, 6) is 0.522. The largest absolute Gasteiger partial charge is 0.347 e. The van der Waals surface area contributed by atoms with Crippen LogP contribution in [0.15, 0.2) is 58.4 Å². The molecule has 0 fully saturated rings. The maximum Gasteiger partial charge on any atom is 0.269 e. The van der Waals surface area contributed by atoms with Gasteiger partial charge in [0.25, 0.3) is 5.69 Å². The van der Waals surface area contributed by atoms with Crippen LogP contribution in [0.3, 0.4) is 0 Å². The van der Waals surface area contributed by atoms with Crippen molar-refractivity contribution in [3.8, 4) is 0 Å². The molecule has 0 saturated carbocycles. The molecular formula is C21H28IN5O3S. The quantitative estimate of drug-likeness (QED) is 0.133. The summed E-state index contributed by atoms with van der Waals surface area (Å²) in [5, 5.41) is 13.9. The minimum atomic E-state index is -0.428. The Balaban J connectivity index is 0.00000480. The average Bonchev–Trinajstić information content (AvgIpc) is 2.74. The fourth-order valence-electron chi connectivity index (χ4n) is 2.59. The standard InChI is InChI=1S/C21H27N5O3S.HI/c1-24(2)20(27)14-23-21(22-13-16-5-9-18(10-6-16)26(28)29)25(3)15-17-7-11-19(30-4)12-8-17;/h5-12H,13-15H2,1-4H3,(H,22,23);1H. The average molecular weight is 557 g/mol. The van der Waals surface area contributed by atoms with Gasteiger partial charge in [0, 0.05) is 44.7 Å². The molecule has 0 aromatic heterocycles. The zero-order valence-electron chi connectivity index (χ0n) is 18.1. The lowest BCUT2D eigenvalue weighted by molar-refractivity contribution is -0.384. The Hall–Kier alpha value is -2.34. The van der Waals surface area contributed by atoms with Gasteiger partial charge in [-0.25, -0.2) is 4.99 Å². The molecule has 0 radical (unpaired) electrons. The SMILES string of the molecule is CSc1ccc(CN(C)C(=NCc2ccc([N+](=O)[O-])cc2)NCC(=O)N(C)C)cc1.I. The van der Waals surface area contributed by atoms with Crippen molar-refractivity contribution in [2.24, 2.45) is 4.99 Å². The third kappa shape index (κ3) is 8.74. The summed E-state index contributed by atoms with van der Waals surface area (Å²) in [7, 11) is 5.31. The Morgan fingerprint density at radius 1 is 1.06 bits per heavy atom. The summed E-state index contributed by atoms with van der Waals surface area (Å²) in [6, 6.07) is 14.6. The summed E-state index contributed by atoms with van der Waals surface area (Å²) >= 11 is 1.69. The number of nitro groups is 1. The number of hydrogen-bond donors (Lipinski definition) is 1. The summed E-state index contributed by atoms with van der Waals surface area (Å²) in [4.78, 5) is 31.7. The monoisotopic (exact) mass is 557 g/mol. The van der Waals surface area contributed by atoms with E-state index in [4.69, 9.17) is 0 Å². The van der Waals surface area contributed by atoms with Crippen molar-refractivity contribution >= 4 is 53.3 Å². The van der Waals surface area contributed by atoms with E-state index >= 15 is 0 Å². The third-order valence-electron chi connectivity index (χ3n) is 4.40. The molecule has 0 heterocycles. The van der Waals surface area contributed by atoms with Crippen LogP contribution in [0.1, 0.15) is 11.1 Å². The first-order valence-corrected chi connectivity index (χ1v) is 10.6. The van der Waals surface area contributed by atoms with E-state index < -0.39 is 4.92 Å². The molecule has 8 nitrogen and oxygen atoms in total. The van der Waals surface area contributed by atoms with Crippen LogP contribution in [0, 0.1) is 10.1 Å². The summed E-state index contributed by atoms with van der Waals surface area (Å²) in [6.45, 7) is 1.09. The molecule has 2 aromatic carbocycles. The predicted molar refractivity (Wildman–Crippen MR) is 136 cm³/mol.